The van der Waals surface area contributed by atoms with Gasteiger partial charge in [0, 0.05) is 11.8 Å². The molecule has 0 amide bonds. The SMILES string of the molecule is CC(C)CCOC(=O)c1ccc(NSc2ccccc2[N+](=O)[O-])cc1. The van der Waals surface area contributed by atoms with Crippen LogP contribution in [0.4, 0.5) is 11.4 Å². The summed E-state index contributed by atoms with van der Waals surface area (Å²) in [5, 5.41) is 11.0. The Labute approximate surface area is 150 Å². The van der Waals surface area contributed by atoms with E-state index in [0.29, 0.717) is 23.0 Å². The van der Waals surface area contributed by atoms with Crippen molar-refractivity contribution < 1.29 is 14.5 Å². The predicted octanol–water partition coefficient (Wildman–Crippen LogP) is 4.92. The minimum absolute atomic E-state index is 0.0466. The maximum Gasteiger partial charge on any atom is 0.338 e. The van der Waals surface area contributed by atoms with Gasteiger partial charge in [0.2, 0.25) is 0 Å². The fourth-order valence-corrected chi connectivity index (χ4v) is 2.71. The lowest BCUT2D eigenvalue weighted by atomic mass is 10.1. The molecule has 0 fully saturated rings. The molecule has 0 unspecified atom stereocenters. The van der Waals surface area contributed by atoms with Gasteiger partial charge in [-0.25, -0.2) is 4.79 Å². The molecule has 6 nitrogen and oxygen atoms in total. The van der Waals surface area contributed by atoms with Crippen molar-refractivity contribution in [2.75, 3.05) is 11.3 Å². The summed E-state index contributed by atoms with van der Waals surface area (Å²) >= 11 is 1.15. The lowest BCUT2D eigenvalue weighted by molar-refractivity contribution is -0.387. The Morgan fingerprint density at radius 2 is 1.88 bits per heavy atom. The molecule has 0 heterocycles. The smallest absolute Gasteiger partial charge is 0.338 e. The number of anilines is 1. The second-order valence-corrected chi connectivity index (χ2v) is 6.67. The molecule has 1 N–H and O–H groups in total. The average molecular weight is 360 g/mol. The summed E-state index contributed by atoms with van der Waals surface area (Å²) < 4.78 is 8.25. The number of nitrogens with one attached hydrogen (secondary N) is 1. The van der Waals surface area contributed by atoms with Crippen LogP contribution in [0.5, 0.6) is 0 Å². The van der Waals surface area contributed by atoms with Crippen LogP contribution in [0.1, 0.15) is 30.6 Å². The number of ether oxygens (including phenoxy) is 1. The maximum absolute atomic E-state index is 11.9. The van der Waals surface area contributed by atoms with Crippen LogP contribution in [0.2, 0.25) is 0 Å². The third-order valence-corrected chi connectivity index (χ3v) is 4.29. The fraction of sp³-hybridized carbons (Fsp3) is 0.278. The number of rotatable bonds is 8. The molecule has 0 aromatic heterocycles. The van der Waals surface area contributed by atoms with E-state index >= 15 is 0 Å². The highest BCUT2D eigenvalue weighted by Crippen LogP contribution is 2.29. The summed E-state index contributed by atoms with van der Waals surface area (Å²) in [7, 11) is 0. The molecule has 0 aliphatic heterocycles. The molecule has 0 saturated carbocycles. The maximum atomic E-state index is 11.9. The first-order valence-corrected chi connectivity index (χ1v) is 8.72. The molecule has 25 heavy (non-hydrogen) atoms. The van der Waals surface area contributed by atoms with E-state index in [1.54, 1.807) is 42.5 Å². The number of nitro benzene ring substituents is 1. The Morgan fingerprint density at radius 3 is 2.52 bits per heavy atom. The van der Waals surface area contributed by atoms with Gasteiger partial charge in [-0.1, -0.05) is 26.0 Å². The summed E-state index contributed by atoms with van der Waals surface area (Å²) in [5.41, 5.74) is 1.26. The summed E-state index contributed by atoms with van der Waals surface area (Å²) in [6.07, 6.45) is 0.831. The van der Waals surface area contributed by atoms with Gasteiger partial charge in [0.15, 0.2) is 0 Å². The molecule has 0 aliphatic rings. The van der Waals surface area contributed by atoms with Crippen molar-refractivity contribution in [3.8, 4) is 0 Å². The van der Waals surface area contributed by atoms with Gasteiger partial charge in [0.05, 0.1) is 17.1 Å². The van der Waals surface area contributed by atoms with Crippen LogP contribution in [0, 0.1) is 16.0 Å². The number of nitro groups is 1. The van der Waals surface area contributed by atoms with Gasteiger partial charge in [-0.05, 0) is 54.6 Å². The standard InChI is InChI=1S/C18H20N2O4S/c1-13(2)11-12-24-18(21)14-7-9-15(10-8-14)19-25-17-6-4-3-5-16(17)20(22)23/h3-10,13,19H,11-12H2,1-2H3. The van der Waals surface area contributed by atoms with E-state index in [1.807, 2.05) is 0 Å². The monoisotopic (exact) mass is 360 g/mol. The normalized spacial score (nSPS) is 10.5. The summed E-state index contributed by atoms with van der Waals surface area (Å²) in [5.74, 6) is 0.136. The first-order valence-electron chi connectivity index (χ1n) is 7.91. The van der Waals surface area contributed by atoms with Gasteiger partial charge >= 0.3 is 5.97 Å². The molecule has 0 saturated heterocycles. The Bertz CT molecular complexity index is 732. The zero-order valence-electron chi connectivity index (χ0n) is 14.1. The topological polar surface area (TPSA) is 81.5 Å². The van der Waals surface area contributed by atoms with Gasteiger partial charge in [0.1, 0.15) is 4.90 Å². The number of esters is 1. The lowest BCUT2D eigenvalue weighted by Crippen LogP contribution is -2.08. The molecule has 2 rings (SSSR count). The van der Waals surface area contributed by atoms with Crippen LogP contribution >= 0.6 is 11.9 Å². The summed E-state index contributed by atoms with van der Waals surface area (Å²) in [6, 6.07) is 13.3. The summed E-state index contributed by atoms with van der Waals surface area (Å²) in [4.78, 5) is 23.0. The van der Waals surface area contributed by atoms with Crippen molar-refractivity contribution in [1.82, 2.24) is 0 Å². The molecule has 0 atom stereocenters. The minimum atomic E-state index is -0.416. The Balaban J connectivity index is 1.92. The first kappa shape index (κ1) is 18.8. The minimum Gasteiger partial charge on any atom is -0.462 e. The van der Waals surface area contributed by atoms with E-state index in [-0.39, 0.29) is 11.7 Å². The zero-order chi connectivity index (χ0) is 18.2. The first-order chi connectivity index (χ1) is 12.0. The van der Waals surface area contributed by atoms with Gasteiger partial charge < -0.3 is 9.46 Å². The van der Waals surface area contributed by atoms with Crippen molar-refractivity contribution in [3.63, 3.8) is 0 Å². The van der Waals surface area contributed by atoms with E-state index in [9.17, 15) is 14.9 Å². The van der Waals surface area contributed by atoms with Crippen molar-refractivity contribution >= 4 is 29.3 Å². The van der Waals surface area contributed by atoms with E-state index < -0.39 is 4.92 Å². The van der Waals surface area contributed by atoms with Gasteiger partial charge in [-0.3, -0.25) is 10.1 Å². The van der Waals surface area contributed by atoms with Crippen molar-refractivity contribution in [2.24, 2.45) is 5.92 Å². The van der Waals surface area contributed by atoms with Gasteiger partial charge in [0.25, 0.3) is 5.69 Å². The van der Waals surface area contributed by atoms with Crippen molar-refractivity contribution in [2.45, 2.75) is 25.2 Å². The van der Waals surface area contributed by atoms with Gasteiger partial charge in [-0.2, -0.15) is 0 Å². The molecule has 0 spiro atoms. The Hall–Kier alpha value is -2.54. The number of nitrogens with zero attached hydrogens (tertiary/aromatic N) is 1. The van der Waals surface area contributed by atoms with Crippen molar-refractivity contribution in [1.29, 1.82) is 0 Å². The average Bonchev–Trinajstić information content (AvgIpc) is 2.60. The molecule has 0 aliphatic carbocycles. The highest BCUT2D eigenvalue weighted by molar-refractivity contribution is 8.00. The molecule has 7 heteroatoms. The highest BCUT2D eigenvalue weighted by atomic mass is 32.2. The molecule has 0 bridgehead atoms. The zero-order valence-corrected chi connectivity index (χ0v) is 14.9. The second-order valence-electron chi connectivity index (χ2n) is 5.82. The summed E-state index contributed by atoms with van der Waals surface area (Å²) in [6.45, 7) is 4.55. The number of hydrogen-bond donors (Lipinski definition) is 1. The molecule has 132 valence electrons. The number of benzene rings is 2. The molecular formula is C18H20N2O4S. The lowest BCUT2D eigenvalue weighted by Gasteiger charge is -2.08. The van der Waals surface area contributed by atoms with Gasteiger partial charge in [-0.15, -0.1) is 0 Å². The molecular weight excluding hydrogens is 340 g/mol. The predicted molar refractivity (Wildman–Crippen MR) is 98.8 cm³/mol. The Morgan fingerprint density at radius 1 is 1.20 bits per heavy atom. The molecule has 0 radical (unpaired) electrons. The van der Waals surface area contributed by atoms with Crippen LogP contribution in [0.3, 0.4) is 0 Å². The quantitative estimate of drug-likeness (QED) is 0.311. The largest absolute Gasteiger partial charge is 0.462 e. The molecule has 2 aromatic carbocycles. The third-order valence-electron chi connectivity index (χ3n) is 3.39. The van der Waals surface area contributed by atoms with Crippen molar-refractivity contribution in [3.05, 3.63) is 64.2 Å². The number of para-hydroxylation sites is 1. The number of carbonyl (C=O) groups excluding carboxylic acids is 1. The third kappa shape index (κ3) is 5.79. The van der Waals surface area contributed by atoms with Crippen LogP contribution in [0.15, 0.2) is 53.4 Å². The second kappa shape index (κ2) is 9.08. The van der Waals surface area contributed by atoms with Crippen LogP contribution in [0.25, 0.3) is 0 Å². The van der Waals surface area contributed by atoms with E-state index in [2.05, 4.69) is 18.6 Å². The number of carbonyl (C=O) groups is 1. The van der Waals surface area contributed by atoms with Crippen LogP contribution in [-0.2, 0) is 4.74 Å². The van der Waals surface area contributed by atoms with E-state index in [1.165, 1.54) is 6.07 Å². The van der Waals surface area contributed by atoms with Crippen LogP contribution in [-0.4, -0.2) is 17.5 Å². The number of hydrogen-bond acceptors (Lipinski definition) is 6. The van der Waals surface area contributed by atoms with E-state index in [0.717, 1.165) is 24.1 Å². The highest BCUT2D eigenvalue weighted by Gasteiger charge is 2.13. The molecule has 2 aromatic rings. The Kier molecular flexibility index (Phi) is 6.82. The van der Waals surface area contributed by atoms with E-state index in [4.69, 9.17) is 4.74 Å². The van der Waals surface area contributed by atoms with Crippen LogP contribution < -0.4 is 4.72 Å². The fourth-order valence-electron chi connectivity index (χ4n) is 1.95.